The monoisotopic (exact) mass is 242 g/mol. The molecular weight excluding hydrogens is 232 g/mol. The molecule has 5 heteroatoms. The van der Waals surface area contributed by atoms with Crippen LogP contribution in [0.15, 0.2) is 21.1 Å². The SMILES string of the molecule is COC(C)=C1C(=O)C2=C(SCCS2)C1=O. The number of Topliss-reactive ketones (excluding diaryl/α,β-unsaturated/α-hetero) is 2. The quantitative estimate of drug-likeness (QED) is 0.398. The molecule has 0 amide bonds. The number of hydrogen-bond donors (Lipinski definition) is 0. The number of carbonyl (C=O) groups excluding carboxylic acids is 2. The molecule has 0 saturated heterocycles. The first-order chi connectivity index (χ1) is 7.16. The van der Waals surface area contributed by atoms with Crippen LogP contribution in [-0.2, 0) is 14.3 Å². The standard InChI is InChI=1S/C10H10O3S2/c1-5(13-2)6-7(11)9-10(8(6)12)15-4-3-14-9/h3-4H2,1-2H3. The molecule has 1 aliphatic heterocycles. The lowest BCUT2D eigenvalue weighted by atomic mass is 10.1. The average Bonchev–Trinajstić information content (AvgIpc) is 2.52. The molecular formula is C10H10O3S2. The number of methoxy groups -OCH3 is 1. The predicted octanol–water partition coefficient (Wildman–Crippen LogP) is 1.75. The van der Waals surface area contributed by atoms with Crippen molar-refractivity contribution in [3.8, 4) is 0 Å². The third kappa shape index (κ3) is 1.63. The molecule has 1 aliphatic carbocycles. The molecule has 2 rings (SSSR count). The molecule has 0 spiro atoms. The van der Waals surface area contributed by atoms with Gasteiger partial charge in [0.2, 0.25) is 11.6 Å². The van der Waals surface area contributed by atoms with Crippen molar-refractivity contribution in [2.24, 2.45) is 0 Å². The maximum Gasteiger partial charge on any atom is 0.207 e. The summed E-state index contributed by atoms with van der Waals surface area (Å²) in [5.41, 5.74) is 0.212. The lowest BCUT2D eigenvalue weighted by Gasteiger charge is -2.08. The number of hydrogen-bond acceptors (Lipinski definition) is 5. The van der Waals surface area contributed by atoms with Gasteiger partial charge in [-0.05, 0) is 6.92 Å². The topological polar surface area (TPSA) is 43.4 Å². The van der Waals surface area contributed by atoms with E-state index in [4.69, 9.17) is 4.74 Å². The number of ether oxygens (including phenoxy) is 1. The van der Waals surface area contributed by atoms with E-state index in [0.717, 1.165) is 11.5 Å². The van der Waals surface area contributed by atoms with Gasteiger partial charge in [0.15, 0.2) is 0 Å². The summed E-state index contributed by atoms with van der Waals surface area (Å²) in [6.45, 7) is 1.65. The second kappa shape index (κ2) is 4.06. The minimum absolute atomic E-state index is 0.161. The maximum absolute atomic E-state index is 11.9. The summed E-state index contributed by atoms with van der Waals surface area (Å²) in [6.07, 6.45) is 0. The normalized spacial score (nSPS) is 20.8. The van der Waals surface area contributed by atoms with Crippen molar-refractivity contribution in [2.45, 2.75) is 6.92 Å². The molecule has 80 valence electrons. The van der Waals surface area contributed by atoms with E-state index in [1.165, 1.54) is 30.6 Å². The fourth-order valence-electron chi connectivity index (χ4n) is 1.51. The van der Waals surface area contributed by atoms with Crippen LogP contribution in [0.4, 0.5) is 0 Å². The number of allylic oxidation sites excluding steroid dienone is 4. The van der Waals surface area contributed by atoms with Crippen molar-refractivity contribution in [1.82, 2.24) is 0 Å². The lowest BCUT2D eigenvalue weighted by Crippen LogP contribution is -2.07. The molecule has 0 aromatic rings. The van der Waals surface area contributed by atoms with Gasteiger partial charge in [-0.1, -0.05) is 0 Å². The van der Waals surface area contributed by atoms with Crippen LogP contribution < -0.4 is 0 Å². The minimum atomic E-state index is -0.161. The molecule has 15 heavy (non-hydrogen) atoms. The zero-order valence-corrected chi connectivity index (χ0v) is 10.1. The second-order valence-electron chi connectivity index (χ2n) is 3.15. The minimum Gasteiger partial charge on any atom is -0.500 e. The summed E-state index contributed by atoms with van der Waals surface area (Å²) in [7, 11) is 1.47. The zero-order valence-electron chi connectivity index (χ0n) is 8.46. The number of rotatable bonds is 1. The number of ketones is 2. The molecule has 1 heterocycles. The van der Waals surface area contributed by atoms with Gasteiger partial charge in [0.1, 0.15) is 11.3 Å². The molecule has 2 aliphatic rings. The fraction of sp³-hybridized carbons (Fsp3) is 0.400. The van der Waals surface area contributed by atoms with Crippen molar-refractivity contribution < 1.29 is 14.3 Å². The van der Waals surface area contributed by atoms with Crippen molar-refractivity contribution in [1.29, 1.82) is 0 Å². The summed E-state index contributed by atoms with van der Waals surface area (Å²) in [4.78, 5) is 25.0. The third-order valence-electron chi connectivity index (χ3n) is 2.31. The molecule has 0 fully saturated rings. The van der Waals surface area contributed by atoms with Gasteiger partial charge in [-0.15, -0.1) is 23.5 Å². The molecule has 0 aromatic carbocycles. The van der Waals surface area contributed by atoms with E-state index in [1.807, 2.05) is 0 Å². The summed E-state index contributed by atoms with van der Waals surface area (Å²) < 4.78 is 4.97. The van der Waals surface area contributed by atoms with Crippen molar-refractivity contribution in [3.63, 3.8) is 0 Å². The highest BCUT2D eigenvalue weighted by atomic mass is 32.2. The Kier molecular flexibility index (Phi) is 2.93. The van der Waals surface area contributed by atoms with Gasteiger partial charge in [-0.2, -0.15) is 0 Å². The molecule has 0 unspecified atom stereocenters. The Balaban J connectivity index is 2.47. The Bertz CT molecular complexity index is 377. The number of carbonyl (C=O) groups is 2. The summed E-state index contributed by atoms with van der Waals surface area (Å²) in [6, 6.07) is 0. The van der Waals surface area contributed by atoms with Crippen molar-refractivity contribution in [2.75, 3.05) is 18.6 Å². The van der Waals surface area contributed by atoms with Gasteiger partial charge in [0.05, 0.1) is 16.9 Å². The Morgan fingerprint density at radius 1 is 1.13 bits per heavy atom. The molecule has 0 N–H and O–H groups in total. The van der Waals surface area contributed by atoms with Crippen molar-refractivity contribution in [3.05, 3.63) is 21.1 Å². The predicted molar refractivity (Wildman–Crippen MR) is 61.7 cm³/mol. The molecule has 0 bridgehead atoms. The summed E-state index contributed by atoms with van der Waals surface area (Å²) >= 11 is 2.95. The van der Waals surface area contributed by atoms with Crippen LogP contribution >= 0.6 is 23.5 Å². The Hall–Kier alpha value is -0.680. The second-order valence-corrected chi connectivity index (χ2v) is 5.36. The highest BCUT2D eigenvalue weighted by Gasteiger charge is 2.39. The molecule has 3 nitrogen and oxygen atoms in total. The largest absolute Gasteiger partial charge is 0.500 e. The Morgan fingerprint density at radius 2 is 1.60 bits per heavy atom. The van der Waals surface area contributed by atoms with E-state index in [9.17, 15) is 9.59 Å². The summed E-state index contributed by atoms with van der Waals surface area (Å²) in [5, 5.41) is 0. The smallest absolute Gasteiger partial charge is 0.207 e. The number of thioether (sulfide) groups is 2. The molecule has 0 aromatic heterocycles. The maximum atomic E-state index is 11.9. The molecule has 0 atom stereocenters. The first-order valence-corrected chi connectivity index (χ1v) is 6.48. The summed E-state index contributed by atoms with van der Waals surface area (Å²) in [5.74, 6) is 1.88. The van der Waals surface area contributed by atoms with Crippen molar-refractivity contribution >= 4 is 35.1 Å². The van der Waals surface area contributed by atoms with Gasteiger partial charge >= 0.3 is 0 Å². The highest BCUT2D eigenvalue weighted by molar-refractivity contribution is 8.11. The van der Waals surface area contributed by atoms with Crippen LogP contribution in [-0.4, -0.2) is 30.2 Å². The van der Waals surface area contributed by atoms with Crippen LogP contribution in [0.5, 0.6) is 0 Å². The van der Waals surface area contributed by atoms with E-state index in [1.54, 1.807) is 6.92 Å². The Morgan fingerprint density at radius 3 is 2.00 bits per heavy atom. The first kappa shape index (κ1) is 10.8. The zero-order chi connectivity index (χ0) is 11.0. The van der Waals surface area contributed by atoms with Gasteiger partial charge in [-0.3, -0.25) is 9.59 Å². The Labute approximate surface area is 96.3 Å². The lowest BCUT2D eigenvalue weighted by molar-refractivity contribution is -0.115. The van der Waals surface area contributed by atoms with Crippen LogP contribution in [0, 0.1) is 0 Å². The van der Waals surface area contributed by atoms with Gasteiger partial charge in [-0.25, -0.2) is 0 Å². The van der Waals surface area contributed by atoms with E-state index in [0.29, 0.717) is 15.6 Å². The van der Waals surface area contributed by atoms with Crippen LogP contribution in [0.3, 0.4) is 0 Å². The van der Waals surface area contributed by atoms with Gasteiger partial charge in [0.25, 0.3) is 0 Å². The third-order valence-corrected chi connectivity index (χ3v) is 4.87. The first-order valence-electron chi connectivity index (χ1n) is 4.51. The van der Waals surface area contributed by atoms with Crippen LogP contribution in [0.1, 0.15) is 6.92 Å². The van der Waals surface area contributed by atoms with Gasteiger partial charge in [0, 0.05) is 11.5 Å². The molecule has 0 radical (unpaired) electrons. The van der Waals surface area contributed by atoms with Crippen LogP contribution in [0.25, 0.3) is 0 Å². The van der Waals surface area contributed by atoms with E-state index in [2.05, 4.69) is 0 Å². The highest BCUT2D eigenvalue weighted by Crippen LogP contribution is 2.43. The average molecular weight is 242 g/mol. The van der Waals surface area contributed by atoms with E-state index < -0.39 is 0 Å². The van der Waals surface area contributed by atoms with E-state index >= 15 is 0 Å². The van der Waals surface area contributed by atoms with E-state index in [-0.39, 0.29) is 17.1 Å². The van der Waals surface area contributed by atoms with Crippen LogP contribution in [0.2, 0.25) is 0 Å². The van der Waals surface area contributed by atoms with Gasteiger partial charge < -0.3 is 4.74 Å². The fourth-order valence-corrected chi connectivity index (χ4v) is 3.85. The molecule has 0 saturated carbocycles.